The van der Waals surface area contributed by atoms with Gasteiger partial charge in [-0.2, -0.15) is 0 Å². The average molecular weight is 289 g/mol. The third kappa shape index (κ3) is 2.57. The minimum atomic E-state index is 0.240. The zero-order valence-electron chi connectivity index (χ0n) is 10.4. The smallest absolute Gasteiger partial charge is 0.0934 e. The molecule has 1 aromatic carbocycles. The molecule has 4 heteroatoms. The molecule has 0 bridgehead atoms. The van der Waals surface area contributed by atoms with E-state index in [4.69, 9.17) is 11.6 Å². The lowest BCUT2D eigenvalue weighted by atomic mass is 10.1. The maximum absolute atomic E-state index is 6.17. The fourth-order valence-corrected chi connectivity index (χ4v) is 3.07. The van der Waals surface area contributed by atoms with Crippen LogP contribution in [-0.2, 0) is 0 Å². The largest absolute Gasteiger partial charge is 0.376 e. The molecule has 19 heavy (non-hydrogen) atoms. The van der Waals surface area contributed by atoms with E-state index in [2.05, 4.69) is 34.7 Å². The first-order chi connectivity index (χ1) is 9.24. The van der Waals surface area contributed by atoms with Gasteiger partial charge in [-0.15, -0.1) is 11.3 Å². The molecule has 0 spiro atoms. The Morgan fingerprint density at radius 2 is 2.16 bits per heavy atom. The fourth-order valence-electron chi connectivity index (χ4n) is 2.11. The molecule has 0 aliphatic rings. The topological polar surface area (TPSA) is 24.9 Å². The number of fused-ring (bicyclic) bond motifs is 1. The van der Waals surface area contributed by atoms with E-state index in [1.54, 1.807) is 17.5 Å². The van der Waals surface area contributed by atoms with Crippen LogP contribution in [0.25, 0.3) is 10.9 Å². The van der Waals surface area contributed by atoms with Crippen LogP contribution in [0.1, 0.15) is 17.8 Å². The maximum Gasteiger partial charge on any atom is 0.0934 e. The molecule has 1 atom stereocenters. The molecule has 0 saturated heterocycles. The van der Waals surface area contributed by atoms with Crippen LogP contribution >= 0.6 is 22.9 Å². The highest BCUT2D eigenvalue weighted by molar-refractivity contribution is 7.10. The van der Waals surface area contributed by atoms with E-state index < -0.39 is 0 Å². The van der Waals surface area contributed by atoms with Gasteiger partial charge in [-0.05, 0) is 36.6 Å². The summed E-state index contributed by atoms with van der Waals surface area (Å²) in [5.74, 6) is 0. The van der Waals surface area contributed by atoms with E-state index in [9.17, 15) is 0 Å². The summed E-state index contributed by atoms with van der Waals surface area (Å²) in [6, 6.07) is 12.2. The summed E-state index contributed by atoms with van der Waals surface area (Å²) in [6.45, 7) is 2.14. The number of hydrogen-bond donors (Lipinski definition) is 1. The van der Waals surface area contributed by atoms with Crippen molar-refractivity contribution in [2.75, 3.05) is 5.32 Å². The summed E-state index contributed by atoms with van der Waals surface area (Å²) >= 11 is 7.91. The molecule has 3 rings (SSSR count). The molecule has 2 aromatic heterocycles. The Bertz CT molecular complexity index is 694. The standard InChI is InChI=1S/C15H13ClN2S/c1-10(14-5-3-7-19-14)18-13-9-12(16)8-11-4-2-6-17-15(11)13/h2-10,18H,1H3. The van der Waals surface area contributed by atoms with Crippen molar-refractivity contribution in [1.29, 1.82) is 0 Å². The molecule has 2 nitrogen and oxygen atoms in total. The van der Waals surface area contributed by atoms with Crippen LogP contribution < -0.4 is 5.32 Å². The molecule has 0 radical (unpaired) electrons. The van der Waals surface area contributed by atoms with E-state index in [0.29, 0.717) is 0 Å². The molecule has 0 saturated carbocycles. The predicted octanol–water partition coefficient (Wildman–Crippen LogP) is 5.12. The normalized spacial score (nSPS) is 12.5. The summed E-state index contributed by atoms with van der Waals surface area (Å²) < 4.78 is 0. The third-order valence-corrected chi connectivity index (χ3v) is 4.28. The predicted molar refractivity (Wildman–Crippen MR) is 83.1 cm³/mol. The monoisotopic (exact) mass is 288 g/mol. The van der Waals surface area contributed by atoms with Crippen molar-refractivity contribution in [1.82, 2.24) is 4.98 Å². The fraction of sp³-hybridized carbons (Fsp3) is 0.133. The van der Waals surface area contributed by atoms with E-state index in [1.807, 2.05) is 24.3 Å². The van der Waals surface area contributed by atoms with E-state index in [0.717, 1.165) is 21.6 Å². The molecular formula is C15H13ClN2S. The molecule has 2 heterocycles. The molecular weight excluding hydrogens is 276 g/mol. The molecule has 0 fully saturated rings. The van der Waals surface area contributed by atoms with Crippen molar-refractivity contribution in [2.24, 2.45) is 0 Å². The van der Waals surface area contributed by atoms with Crippen molar-refractivity contribution < 1.29 is 0 Å². The number of benzene rings is 1. The molecule has 3 aromatic rings. The third-order valence-electron chi connectivity index (χ3n) is 3.01. The van der Waals surface area contributed by atoms with Crippen molar-refractivity contribution in [3.05, 3.63) is 57.9 Å². The number of aromatic nitrogens is 1. The first-order valence-corrected chi connectivity index (χ1v) is 7.34. The summed E-state index contributed by atoms with van der Waals surface area (Å²) in [6.07, 6.45) is 1.80. The second-order valence-electron chi connectivity index (χ2n) is 4.41. The summed E-state index contributed by atoms with van der Waals surface area (Å²) in [4.78, 5) is 5.73. The SMILES string of the molecule is CC(Nc1cc(Cl)cc2cccnc12)c1cccs1. The van der Waals surface area contributed by atoms with Crippen molar-refractivity contribution in [3.8, 4) is 0 Å². The zero-order chi connectivity index (χ0) is 13.2. The summed E-state index contributed by atoms with van der Waals surface area (Å²) in [5.41, 5.74) is 1.93. The van der Waals surface area contributed by atoms with Crippen LogP contribution in [0.4, 0.5) is 5.69 Å². The quantitative estimate of drug-likeness (QED) is 0.723. The van der Waals surface area contributed by atoms with Crippen LogP contribution in [0, 0.1) is 0 Å². The number of rotatable bonds is 3. The van der Waals surface area contributed by atoms with Gasteiger partial charge in [0.15, 0.2) is 0 Å². The number of nitrogens with one attached hydrogen (secondary N) is 1. The Kier molecular flexibility index (Phi) is 3.40. The van der Waals surface area contributed by atoms with Crippen LogP contribution in [-0.4, -0.2) is 4.98 Å². The number of pyridine rings is 1. The first-order valence-electron chi connectivity index (χ1n) is 6.08. The molecule has 1 N–H and O–H groups in total. The Hall–Kier alpha value is -1.58. The molecule has 0 aliphatic carbocycles. The van der Waals surface area contributed by atoms with Gasteiger partial charge in [0.1, 0.15) is 0 Å². The van der Waals surface area contributed by atoms with Crippen molar-refractivity contribution in [2.45, 2.75) is 13.0 Å². The van der Waals surface area contributed by atoms with Gasteiger partial charge in [0.05, 0.1) is 17.2 Å². The Morgan fingerprint density at radius 1 is 1.26 bits per heavy atom. The summed E-state index contributed by atoms with van der Waals surface area (Å²) in [5, 5.41) is 7.35. The van der Waals surface area contributed by atoms with Crippen LogP contribution in [0.2, 0.25) is 5.02 Å². The highest BCUT2D eigenvalue weighted by atomic mass is 35.5. The van der Waals surface area contributed by atoms with Gasteiger partial charge >= 0.3 is 0 Å². The van der Waals surface area contributed by atoms with E-state index in [1.165, 1.54) is 4.88 Å². The second-order valence-corrected chi connectivity index (χ2v) is 5.83. The first kappa shape index (κ1) is 12.5. The van der Waals surface area contributed by atoms with Crippen molar-refractivity contribution >= 4 is 39.5 Å². The summed E-state index contributed by atoms with van der Waals surface area (Å²) in [7, 11) is 0. The molecule has 0 aliphatic heterocycles. The lowest BCUT2D eigenvalue weighted by Gasteiger charge is -2.15. The number of nitrogens with zero attached hydrogens (tertiary/aromatic N) is 1. The minimum Gasteiger partial charge on any atom is -0.376 e. The number of anilines is 1. The van der Waals surface area contributed by atoms with Crippen LogP contribution in [0.15, 0.2) is 48.0 Å². The van der Waals surface area contributed by atoms with Gasteiger partial charge in [-0.25, -0.2) is 0 Å². The highest BCUT2D eigenvalue weighted by Crippen LogP contribution is 2.30. The van der Waals surface area contributed by atoms with E-state index in [-0.39, 0.29) is 6.04 Å². The van der Waals surface area contributed by atoms with Gasteiger partial charge in [-0.1, -0.05) is 23.7 Å². The number of thiophene rings is 1. The van der Waals surface area contributed by atoms with Crippen LogP contribution in [0.5, 0.6) is 0 Å². The van der Waals surface area contributed by atoms with Gasteiger partial charge in [0, 0.05) is 21.5 Å². The molecule has 96 valence electrons. The Balaban J connectivity index is 2.00. The molecule has 0 amide bonds. The van der Waals surface area contributed by atoms with Gasteiger partial charge in [0.2, 0.25) is 0 Å². The Morgan fingerprint density at radius 3 is 2.95 bits per heavy atom. The maximum atomic E-state index is 6.17. The zero-order valence-corrected chi connectivity index (χ0v) is 12.0. The van der Waals surface area contributed by atoms with Gasteiger partial charge in [-0.3, -0.25) is 4.98 Å². The van der Waals surface area contributed by atoms with Crippen LogP contribution in [0.3, 0.4) is 0 Å². The molecule has 1 unspecified atom stereocenters. The second kappa shape index (κ2) is 5.19. The Labute approximate surface area is 121 Å². The van der Waals surface area contributed by atoms with Crippen molar-refractivity contribution in [3.63, 3.8) is 0 Å². The van der Waals surface area contributed by atoms with E-state index >= 15 is 0 Å². The lowest BCUT2D eigenvalue weighted by Crippen LogP contribution is -2.05. The van der Waals surface area contributed by atoms with Gasteiger partial charge < -0.3 is 5.32 Å². The average Bonchev–Trinajstić information content (AvgIpc) is 2.92. The number of halogens is 1. The number of hydrogen-bond acceptors (Lipinski definition) is 3. The van der Waals surface area contributed by atoms with Gasteiger partial charge in [0.25, 0.3) is 0 Å². The lowest BCUT2D eigenvalue weighted by molar-refractivity contribution is 0.909. The highest BCUT2D eigenvalue weighted by Gasteiger charge is 2.10. The minimum absolute atomic E-state index is 0.240.